The fourth-order valence-corrected chi connectivity index (χ4v) is 3.04. The van der Waals surface area contributed by atoms with Crippen molar-refractivity contribution in [3.8, 4) is 5.75 Å². The van der Waals surface area contributed by atoms with Crippen LogP contribution in [0.3, 0.4) is 0 Å². The van der Waals surface area contributed by atoms with Gasteiger partial charge in [-0.3, -0.25) is 19.6 Å². The number of nitrogens with zero attached hydrogens (tertiary/aromatic N) is 3. The molecule has 0 fully saturated rings. The second kappa shape index (κ2) is 9.08. The monoisotopic (exact) mass is 448 g/mol. The van der Waals surface area contributed by atoms with Crippen molar-refractivity contribution >= 4 is 17.3 Å². The van der Waals surface area contributed by atoms with E-state index >= 15 is 0 Å². The molecule has 3 aromatic rings. The van der Waals surface area contributed by atoms with Crippen molar-refractivity contribution < 1.29 is 27.6 Å². The third-order valence-electron chi connectivity index (χ3n) is 4.59. The number of aromatic nitrogens is 2. The van der Waals surface area contributed by atoms with Crippen LogP contribution >= 0.6 is 0 Å². The summed E-state index contributed by atoms with van der Waals surface area (Å²) in [7, 11) is 0. The first-order chi connectivity index (χ1) is 15.0. The van der Waals surface area contributed by atoms with Crippen LogP contribution in [-0.4, -0.2) is 33.4 Å². The minimum atomic E-state index is -4.43. The minimum absolute atomic E-state index is 0.0178. The number of alkyl halides is 3. The summed E-state index contributed by atoms with van der Waals surface area (Å²) in [6.07, 6.45) is -4.43. The summed E-state index contributed by atoms with van der Waals surface area (Å²) in [5, 5.41) is 18.0. The highest BCUT2D eigenvalue weighted by Crippen LogP contribution is 2.23. The van der Waals surface area contributed by atoms with Crippen LogP contribution in [0.2, 0.25) is 0 Å². The number of carbonyl (C=O) groups is 1. The summed E-state index contributed by atoms with van der Waals surface area (Å²) in [5.74, 6) is -0.365. The summed E-state index contributed by atoms with van der Waals surface area (Å²) in [5.41, 5.74) is 2.32. The largest absolute Gasteiger partial charge is 0.484 e. The Bertz CT molecular complexity index is 1120. The van der Waals surface area contributed by atoms with Gasteiger partial charge in [0.1, 0.15) is 17.1 Å². The quantitative estimate of drug-likeness (QED) is 0.419. The standard InChI is InChI=1S/C21H19F3N4O4/c1-13-19(28(30)31)14(2)27(26-13)11-15-3-5-16(6-4-15)20(29)25-17-7-9-18(10-8-17)32-12-21(22,23)24/h3-10H,11-12H2,1-2H3,(H,25,29). The number of nitro groups is 1. The highest BCUT2D eigenvalue weighted by molar-refractivity contribution is 6.04. The molecule has 8 nitrogen and oxygen atoms in total. The number of anilines is 1. The smallest absolute Gasteiger partial charge is 0.422 e. The molecule has 0 saturated carbocycles. The predicted molar refractivity (Wildman–Crippen MR) is 110 cm³/mol. The van der Waals surface area contributed by atoms with E-state index in [1.807, 2.05) is 0 Å². The van der Waals surface area contributed by atoms with Crippen LogP contribution < -0.4 is 10.1 Å². The summed E-state index contributed by atoms with van der Waals surface area (Å²) in [4.78, 5) is 23.1. The second-order valence-electron chi connectivity index (χ2n) is 7.01. The lowest BCUT2D eigenvalue weighted by Gasteiger charge is -2.10. The zero-order valence-electron chi connectivity index (χ0n) is 17.1. The van der Waals surface area contributed by atoms with Gasteiger partial charge >= 0.3 is 11.9 Å². The van der Waals surface area contributed by atoms with E-state index in [1.165, 1.54) is 28.9 Å². The molecule has 0 aliphatic carbocycles. The topological polar surface area (TPSA) is 99.3 Å². The van der Waals surface area contributed by atoms with Gasteiger partial charge in [-0.25, -0.2) is 0 Å². The van der Waals surface area contributed by atoms with Gasteiger partial charge in [0, 0.05) is 11.3 Å². The van der Waals surface area contributed by atoms with Gasteiger partial charge in [0.2, 0.25) is 0 Å². The van der Waals surface area contributed by atoms with Crippen LogP contribution in [0.5, 0.6) is 5.75 Å². The Hall–Kier alpha value is -3.89. The molecule has 2 aromatic carbocycles. The van der Waals surface area contributed by atoms with Gasteiger partial charge in [0.15, 0.2) is 6.61 Å². The van der Waals surface area contributed by atoms with Gasteiger partial charge in [0.05, 0.1) is 11.5 Å². The first-order valence-corrected chi connectivity index (χ1v) is 9.42. The molecule has 0 saturated heterocycles. The molecule has 1 amide bonds. The maximum atomic E-state index is 12.4. The molecule has 0 aliphatic rings. The molecule has 0 spiro atoms. The summed E-state index contributed by atoms with van der Waals surface area (Å²) in [6.45, 7) is 2.11. The van der Waals surface area contributed by atoms with E-state index in [1.54, 1.807) is 38.1 Å². The van der Waals surface area contributed by atoms with Crippen molar-refractivity contribution in [1.29, 1.82) is 0 Å². The second-order valence-corrected chi connectivity index (χ2v) is 7.01. The number of carbonyl (C=O) groups excluding carboxylic acids is 1. The number of benzene rings is 2. The van der Waals surface area contributed by atoms with Crippen molar-refractivity contribution in [3.63, 3.8) is 0 Å². The number of hydrogen-bond donors (Lipinski definition) is 1. The molecule has 0 radical (unpaired) electrons. The Morgan fingerprint density at radius 3 is 2.28 bits per heavy atom. The van der Waals surface area contributed by atoms with Crippen LogP contribution in [0.15, 0.2) is 48.5 Å². The molecule has 3 rings (SSSR count). The average molecular weight is 448 g/mol. The number of hydrogen-bond acceptors (Lipinski definition) is 5. The molecule has 32 heavy (non-hydrogen) atoms. The lowest BCUT2D eigenvalue weighted by atomic mass is 10.1. The highest BCUT2D eigenvalue weighted by atomic mass is 19.4. The Morgan fingerprint density at radius 1 is 1.12 bits per heavy atom. The minimum Gasteiger partial charge on any atom is -0.484 e. The Balaban J connectivity index is 1.62. The first-order valence-electron chi connectivity index (χ1n) is 9.42. The number of halogens is 3. The van der Waals surface area contributed by atoms with Crippen molar-refractivity contribution in [2.24, 2.45) is 0 Å². The molecule has 11 heteroatoms. The summed E-state index contributed by atoms with van der Waals surface area (Å²) >= 11 is 0. The zero-order valence-corrected chi connectivity index (χ0v) is 17.1. The third kappa shape index (κ3) is 5.62. The molecule has 0 aliphatic heterocycles. The van der Waals surface area contributed by atoms with Crippen LogP contribution in [0, 0.1) is 24.0 Å². The number of amides is 1. The van der Waals surface area contributed by atoms with E-state index in [4.69, 9.17) is 0 Å². The van der Waals surface area contributed by atoms with Crippen LogP contribution in [0.1, 0.15) is 27.3 Å². The number of nitrogens with one attached hydrogen (secondary N) is 1. The normalized spacial score (nSPS) is 11.3. The number of aryl methyl sites for hydroxylation is 1. The molecular weight excluding hydrogens is 429 g/mol. The predicted octanol–water partition coefficient (Wildman–Crippen LogP) is 4.65. The fourth-order valence-electron chi connectivity index (χ4n) is 3.04. The number of ether oxygens (including phenoxy) is 1. The van der Waals surface area contributed by atoms with Gasteiger partial charge in [-0.2, -0.15) is 18.3 Å². The van der Waals surface area contributed by atoms with Gasteiger partial charge in [-0.15, -0.1) is 0 Å². The summed E-state index contributed by atoms with van der Waals surface area (Å²) < 4.78 is 42.7. The van der Waals surface area contributed by atoms with Gasteiger partial charge < -0.3 is 10.1 Å². The molecule has 168 valence electrons. The maximum absolute atomic E-state index is 12.4. The first kappa shape index (κ1) is 22.8. The lowest BCUT2D eigenvalue weighted by Crippen LogP contribution is -2.19. The van der Waals surface area contributed by atoms with Crippen LogP contribution in [0.4, 0.5) is 24.5 Å². The Kier molecular flexibility index (Phi) is 6.47. The Morgan fingerprint density at radius 2 is 1.75 bits per heavy atom. The highest BCUT2D eigenvalue weighted by Gasteiger charge is 2.28. The number of rotatable bonds is 7. The van der Waals surface area contributed by atoms with Crippen molar-refractivity contribution in [1.82, 2.24) is 9.78 Å². The third-order valence-corrected chi connectivity index (χ3v) is 4.59. The van der Waals surface area contributed by atoms with E-state index < -0.39 is 23.6 Å². The van der Waals surface area contributed by atoms with Gasteiger partial charge in [-0.05, 0) is 55.8 Å². The molecule has 1 aromatic heterocycles. The van der Waals surface area contributed by atoms with Crippen molar-refractivity contribution in [2.75, 3.05) is 11.9 Å². The van der Waals surface area contributed by atoms with E-state index in [-0.39, 0.29) is 11.4 Å². The zero-order chi connectivity index (χ0) is 23.5. The molecule has 0 unspecified atom stereocenters. The summed E-state index contributed by atoms with van der Waals surface area (Å²) in [6, 6.07) is 12.2. The van der Waals surface area contributed by atoms with Gasteiger partial charge in [-0.1, -0.05) is 12.1 Å². The molecule has 0 bridgehead atoms. The Labute approximate surface area is 180 Å². The van der Waals surface area contributed by atoms with Crippen LogP contribution in [-0.2, 0) is 6.54 Å². The molecule has 1 N–H and O–H groups in total. The SMILES string of the molecule is Cc1nn(Cc2ccc(C(=O)Nc3ccc(OCC(F)(F)F)cc3)cc2)c(C)c1[N+](=O)[O-]. The van der Waals surface area contributed by atoms with E-state index in [9.17, 15) is 28.1 Å². The van der Waals surface area contributed by atoms with E-state index in [2.05, 4.69) is 15.2 Å². The molecular formula is C21H19F3N4O4. The van der Waals surface area contributed by atoms with Crippen molar-refractivity contribution in [2.45, 2.75) is 26.6 Å². The fraction of sp³-hybridized carbons (Fsp3) is 0.238. The van der Waals surface area contributed by atoms with Crippen LogP contribution in [0.25, 0.3) is 0 Å². The average Bonchev–Trinajstić information content (AvgIpc) is 3.00. The molecule has 0 atom stereocenters. The lowest BCUT2D eigenvalue weighted by molar-refractivity contribution is -0.386. The van der Waals surface area contributed by atoms with E-state index in [0.29, 0.717) is 29.2 Å². The molecule has 1 heterocycles. The van der Waals surface area contributed by atoms with Gasteiger partial charge in [0.25, 0.3) is 5.91 Å². The maximum Gasteiger partial charge on any atom is 0.422 e. The van der Waals surface area contributed by atoms with E-state index in [0.717, 1.165) is 5.56 Å². The van der Waals surface area contributed by atoms with Crippen molar-refractivity contribution in [3.05, 3.63) is 81.2 Å².